The van der Waals surface area contributed by atoms with E-state index in [9.17, 15) is 9.59 Å². The smallest absolute Gasteiger partial charge is 0.286 e. The van der Waals surface area contributed by atoms with Gasteiger partial charge in [0.2, 0.25) is 5.91 Å². The molecule has 5 nitrogen and oxygen atoms in total. The van der Waals surface area contributed by atoms with Crippen molar-refractivity contribution in [3.63, 3.8) is 0 Å². The number of carbonyl (C=O) groups excluding carboxylic acids is 2. The van der Waals surface area contributed by atoms with E-state index >= 15 is 0 Å². The van der Waals surface area contributed by atoms with Crippen LogP contribution in [0.15, 0.2) is 47.1 Å². The van der Waals surface area contributed by atoms with Crippen molar-refractivity contribution in [1.82, 2.24) is 10.6 Å². The van der Waals surface area contributed by atoms with E-state index in [0.29, 0.717) is 19.4 Å². The Kier molecular flexibility index (Phi) is 5.97. The molecule has 1 heterocycles. The molecule has 0 saturated heterocycles. The molecule has 1 atom stereocenters. The van der Waals surface area contributed by atoms with Crippen molar-refractivity contribution in [3.05, 3.63) is 59.5 Å². The van der Waals surface area contributed by atoms with Crippen LogP contribution in [0.25, 0.3) is 0 Å². The molecule has 1 unspecified atom stereocenters. The summed E-state index contributed by atoms with van der Waals surface area (Å²) in [6, 6.07) is 11.2. The van der Waals surface area contributed by atoms with Gasteiger partial charge in [-0.2, -0.15) is 0 Å². The van der Waals surface area contributed by atoms with Crippen molar-refractivity contribution >= 4 is 11.8 Å². The van der Waals surface area contributed by atoms with Crippen molar-refractivity contribution in [2.75, 3.05) is 6.54 Å². The molecule has 0 saturated carbocycles. The predicted octanol–water partition coefficient (Wildman–Crippen LogP) is 2.98. The lowest BCUT2D eigenvalue weighted by atomic mass is 10.0. The molecule has 23 heavy (non-hydrogen) atoms. The fourth-order valence-electron chi connectivity index (χ4n) is 2.41. The molecule has 2 rings (SSSR count). The highest BCUT2D eigenvalue weighted by Crippen LogP contribution is 2.16. The second-order valence-corrected chi connectivity index (χ2v) is 5.48. The number of carbonyl (C=O) groups is 2. The first-order valence-corrected chi connectivity index (χ1v) is 7.74. The number of hydrogen-bond acceptors (Lipinski definition) is 3. The minimum absolute atomic E-state index is 0.0204. The second kappa shape index (κ2) is 8.17. The zero-order valence-corrected chi connectivity index (χ0v) is 13.5. The Morgan fingerprint density at radius 3 is 2.65 bits per heavy atom. The fourth-order valence-corrected chi connectivity index (χ4v) is 2.41. The number of amides is 2. The summed E-state index contributed by atoms with van der Waals surface area (Å²) in [6.45, 7) is 4.44. The normalized spacial score (nSPS) is 11.7. The van der Waals surface area contributed by atoms with Gasteiger partial charge in [-0.25, -0.2) is 0 Å². The van der Waals surface area contributed by atoms with Crippen LogP contribution in [0.1, 0.15) is 47.5 Å². The fraction of sp³-hybridized carbons (Fsp3) is 0.333. The lowest BCUT2D eigenvalue weighted by Crippen LogP contribution is -2.29. The predicted molar refractivity (Wildman–Crippen MR) is 88.0 cm³/mol. The maximum absolute atomic E-state index is 12.0. The topological polar surface area (TPSA) is 71.3 Å². The van der Waals surface area contributed by atoms with E-state index in [0.717, 1.165) is 11.1 Å². The summed E-state index contributed by atoms with van der Waals surface area (Å²) in [5, 5.41) is 5.70. The largest absolute Gasteiger partial charge is 0.459 e. The molecule has 2 amide bonds. The van der Waals surface area contributed by atoms with Crippen LogP contribution in [-0.2, 0) is 4.79 Å². The van der Waals surface area contributed by atoms with Gasteiger partial charge < -0.3 is 15.1 Å². The van der Waals surface area contributed by atoms with Crippen LogP contribution in [0.2, 0.25) is 0 Å². The lowest BCUT2D eigenvalue weighted by Gasteiger charge is -2.16. The summed E-state index contributed by atoms with van der Waals surface area (Å²) in [5.74, 6) is -0.000635. The van der Waals surface area contributed by atoms with E-state index in [1.165, 1.54) is 6.26 Å². The summed E-state index contributed by atoms with van der Waals surface area (Å²) in [4.78, 5) is 23.6. The highest BCUT2D eigenvalue weighted by molar-refractivity contribution is 5.91. The van der Waals surface area contributed by atoms with Gasteiger partial charge >= 0.3 is 0 Å². The lowest BCUT2D eigenvalue weighted by molar-refractivity contribution is -0.121. The third-order valence-corrected chi connectivity index (χ3v) is 3.64. The number of hydrogen-bond donors (Lipinski definition) is 2. The maximum atomic E-state index is 12.0. The molecule has 2 aromatic rings. The number of benzene rings is 1. The molecule has 0 radical (unpaired) electrons. The Labute approximate surface area is 136 Å². The van der Waals surface area contributed by atoms with Gasteiger partial charge in [0.05, 0.1) is 12.3 Å². The molecule has 0 bridgehead atoms. The van der Waals surface area contributed by atoms with Crippen molar-refractivity contribution in [2.45, 2.75) is 32.7 Å². The van der Waals surface area contributed by atoms with Crippen molar-refractivity contribution in [2.24, 2.45) is 0 Å². The van der Waals surface area contributed by atoms with Crippen LogP contribution in [0.4, 0.5) is 0 Å². The van der Waals surface area contributed by atoms with Crippen LogP contribution in [-0.4, -0.2) is 18.4 Å². The van der Waals surface area contributed by atoms with E-state index in [1.54, 1.807) is 12.1 Å². The van der Waals surface area contributed by atoms with Crippen LogP contribution >= 0.6 is 0 Å². The number of furan rings is 1. The number of aryl methyl sites for hydroxylation is 1. The Morgan fingerprint density at radius 1 is 1.17 bits per heavy atom. The van der Waals surface area contributed by atoms with Gasteiger partial charge in [0, 0.05) is 13.0 Å². The first kappa shape index (κ1) is 16.8. The van der Waals surface area contributed by atoms with E-state index in [-0.39, 0.29) is 23.6 Å². The molecule has 5 heteroatoms. The minimum atomic E-state index is -0.260. The van der Waals surface area contributed by atoms with Crippen LogP contribution in [0.3, 0.4) is 0 Å². The summed E-state index contributed by atoms with van der Waals surface area (Å²) < 4.78 is 4.99. The Morgan fingerprint density at radius 2 is 1.96 bits per heavy atom. The van der Waals surface area contributed by atoms with Gasteiger partial charge in [0.1, 0.15) is 0 Å². The van der Waals surface area contributed by atoms with Crippen molar-refractivity contribution in [3.8, 4) is 0 Å². The van der Waals surface area contributed by atoms with Gasteiger partial charge in [-0.3, -0.25) is 9.59 Å². The van der Waals surface area contributed by atoms with E-state index in [2.05, 4.69) is 10.6 Å². The molecule has 122 valence electrons. The highest BCUT2D eigenvalue weighted by atomic mass is 16.3. The van der Waals surface area contributed by atoms with Crippen LogP contribution in [0, 0.1) is 6.92 Å². The molecular formula is C18H22N2O3. The minimum Gasteiger partial charge on any atom is -0.459 e. The van der Waals surface area contributed by atoms with Crippen LogP contribution < -0.4 is 10.6 Å². The van der Waals surface area contributed by atoms with Crippen molar-refractivity contribution < 1.29 is 14.0 Å². The monoisotopic (exact) mass is 314 g/mol. The summed E-state index contributed by atoms with van der Waals surface area (Å²) in [5.41, 5.74) is 2.28. The third kappa shape index (κ3) is 4.98. The van der Waals surface area contributed by atoms with Gasteiger partial charge in [-0.15, -0.1) is 0 Å². The molecule has 1 aromatic carbocycles. The molecule has 0 spiro atoms. The van der Waals surface area contributed by atoms with E-state index in [1.807, 2.05) is 38.1 Å². The third-order valence-electron chi connectivity index (χ3n) is 3.64. The average Bonchev–Trinajstić information content (AvgIpc) is 3.06. The average molecular weight is 314 g/mol. The van der Waals surface area contributed by atoms with Crippen molar-refractivity contribution in [1.29, 1.82) is 0 Å². The molecule has 2 N–H and O–H groups in total. The van der Waals surface area contributed by atoms with E-state index in [4.69, 9.17) is 4.42 Å². The zero-order valence-electron chi connectivity index (χ0n) is 13.5. The summed E-state index contributed by atoms with van der Waals surface area (Å²) in [7, 11) is 0. The van der Waals surface area contributed by atoms with Gasteiger partial charge in [0.25, 0.3) is 5.91 Å². The van der Waals surface area contributed by atoms with Crippen LogP contribution in [0.5, 0.6) is 0 Å². The summed E-state index contributed by atoms with van der Waals surface area (Å²) in [6.07, 6.45) is 2.41. The Bertz CT molecular complexity index is 650. The van der Waals surface area contributed by atoms with Gasteiger partial charge in [0.15, 0.2) is 5.76 Å². The quantitative estimate of drug-likeness (QED) is 0.772. The molecule has 1 aromatic heterocycles. The molecule has 0 aliphatic heterocycles. The SMILES string of the molecule is Cc1ccccc1C(C)NC(=O)CCCNC(=O)c1ccco1. The molecule has 0 aliphatic carbocycles. The first-order valence-electron chi connectivity index (χ1n) is 7.74. The second-order valence-electron chi connectivity index (χ2n) is 5.48. The molecule has 0 aliphatic rings. The first-order chi connectivity index (χ1) is 11.1. The van der Waals surface area contributed by atoms with E-state index < -0.39 is 0 Å². The number of nitrogens with one attached hydrogen (secondary N) is 2. The maximum Gasteiger partial charge on any atom is 0.286 e. The Hall–Kier alpha value is -2.56. The molecular weight excluding hydrogens is 292 g/mol. The van der Waals surface area contributed by atoms with Gasteiger partial charge in [-0.1, -0.05) is 24.3 Å². The highest BCUT2D eigenvalue weighted by Gasteiger charge is 2.11. The zero-order chi connectivity index (χ0) is 16.7. The number of rotatable bonds is 7. The molecule has 0 fully saturated rings. The summed E-state index contributed by atoms with van der Waals surface area (Å²) >= 11 is 0. The Balaban J connectivity index is 1.69. The van der Waals surface area contributed by atoms with Gasteiger partial charge in [-0.05, 0) is 43.5 Å². The standard InChI is InChI=1S/C18H22N2O3/c1-13-7-3-4-8-15(13)14(2)20-17(21)10-5-11-19-18(22)16-9-6-12-23-16/h3-4,6-9,12,14H,5,10-11H2,1-2H3,(H,19,22)(H,20,21).